The number of carbonyl (C=O) groups is 2. The first-order chi connectivity index (χ1) is 11.9. The smallest absolute Gasteiger partial charge is 0.251 e. The minimum Gasteiger partial charge on any atom is -0.351 e. The SMILES string of the molecule is CCN(CC)CCNC(=O)c1cccc(NC(=O)[C@@H](N)CC(C)C)c1. The van der Waals surface area contributed by atoms with Gasteiger partial charge < -0.3 is 21.3 Å². The predicted octanol–water partition coefficient (Wildman–Crippen LogP) is 2.07. The van der Waals surface area contributed by atoms with Crippen molar-refractivity contribution in [2.45, 2.75) is 40.2 Å². The highest BCUT2D eigenvalue weighted by Gasteiger charge is 2.15. The first kappa shape index (κ1) is 21.1. The normalized spacial score (nSPS) is 12.3. The van der Waals surface area contributed by atoms with Crippen molar-refractivity contribution in [2.75, 3.05) is 31.5 Å². The molecule has 0 aliphatic rings. The zero-order chi connectivity index (χ0) is 18.8. The minimum absolute atomic E-state index is 0.144. The van der Waals surface area contributed by atoms with Crippen LogP contribution >= 0.6 is 0 Å². The van der Waals surface area contributed by atoms with Crippen LogP contribution in [-0.4, -0.2) is 48.9 Å². The molecule has 1 aromatic carbocycles. The summed E-state index contributed by atoms with van der Waals surface area (Å²) in [4.78, 5) is 26.6. The van der Waals surface area contributed by atoms with Gasteiger partial charge in [-0.15, -0.1) is 0 Å². The van der Waals surface area contributed by atoms with E-state index in [1.54, 1.807) is 24.3 Å². The number of benzene rings is 1. The van der Waals surface area contributed by atoms with Crippen molar-refractivity contribution in [3.63, 3.8) is 0 Å². The molecule has 1 rings (SSSR count). The number of nitrogens with two attached hydrogens (primary N) is 1. The molecule has 140 valence electrons. The van der Waals surface area contributed by atoms with E-state index in [0.29, 0.717) is 30.1 Å². The molecule has 0 saturated carbocycles. The number of carbonyl (C=O) groups excluding carboxylic acids is 2. The Balaban J connectivity index is 2.59. The molecule has 0 aliphatic carbocycles. The quantitative estimate of drug-likeness (QED) is 0.604. The maximum atomic E-state index is 12.3. The summed E-state index contributed by atoms with van der Waals surface area (Å²) in [6, 6.07) is 6.37. The number of anilines is 1. The number of nitrogens with zero attached hydrogens (tertiary/aromatic N) is 1. The Morgan fingerprint density at radius 2 is 1.88 bits per heavy atom. The van der Waals surface area contributed by atoms with Crippen molar-refractivity contribution in [1.82, 2.24) is 10.2 Å². The Morgan fingerprint density at radius 3 is 2.48 bits per heavy atom. The van der Waals surface area contributed by atoms with Crippen molar-refractivity contribution < 1.29 is 9.59 Å². The van der Waals surface area contributed by atoms with Gasteiger partial charge in [-0.05, 0) is 43.6 Å². The van der Waals surface area contributed by atoms with E-state index in [9.17, 15) is 9.59 Å². The van der Waals surface area contributed by atoms with Crippen molar-refractivity contribution in [3.05, 3.63) is 29.8 Å². The summed E-state index contributed by atoms with van der Waals surface area (Å²) in [5.74, 6) is -0.0220. The van der Waals surface area contributed by atoms with E-state index in [1.165, 1.54) is 0 Å². The molecule has 0 radical (unpaired) electrons. The molecule has 0 fully saturated rings. The lowest BCUT2D eigenvalue weighted by molar-refractivity contribution is -0.117. The van der Waals surface area contributed by atoms with E-state index in [4.69, 9.17) is 5.73 Å². The zero-order valence-corrected chi connectivity index (χ0v) is 15.8. The van der Waals surface area contributed by atoms with Crippen LogP contribution in [0.5, 0.6) is 0 Å². The molecule has 2 amide bonds. The van der Waals surface area contributed by atoms with Gasteiger partial charge in [0.05, 0.1) is 6.04 Å². The van der Waals surface area contributed by atoms with Crippen LogP contribution in [-0.2, 0) is 4.79 Å². The van der Waals surface area contributed by atoms with Crippen molar-refractivity contribution >= 4 is 17.5 Å². The highest BCUT2D eigenvalue weighted by molar-refractivity contribution is 5.98. The van der Waals surface area contributed by atoms with Crippen LogP contribution in [0, 0.1) is 5.92 Å². The summed E-state index contributed by atoms with van der Waals surface area (Å²) in [7, 11) is 0. The molecule has 1 aromatic rings. The topological polar surface area (TPSA) is 87.5 Å². The fourth-order valence-electron chi connectivity index (χ4n) is 2.56. The summed E-state index contributed by atoms with van der Waals surface area (Å²) < 4.78 is 0. The Hall–Kier alpha value is -1.92. The molecule has 0 heterocycles. The van der Waals surface area contributed by atoms with Gasteiger partial charge >= 0.3 is 0 Å². The Labute approximate surface area is 151 Å². The summed E-state index contributed by atoms with van der Waals surface area (Å²) in [5.41, 5.74) is 7.00. The Bertz CT molecular complexity index is 556. The minimum atomic E-state index is -0.549. The first-order valence-electron chi connectivity index (χ1n) is 9.04. The van der Waals surface area contributed by atoms with Gasteiger partial charge in [-0.25, -0.2) is 0 Å². The molecule has 25 heavy (non-hydrogen) atoms. The second-order valence-electron chi connectivity index (χ2n) is 6.59. The average Bonchev–Trinajstić information content (AvgIpc) is 2.58. The summed E-state index contributed by atoms with van der Waals surface area (Å²) in [5, 5.41) is 5.69. The van der Waals surface area contributed by atoms with Gasteiger partial charge in [0.25, 0.3) is 5.91 Å². The lowest BCUT2D eigenvalue weighted by Crippen LogP contribution is -2.36. The fraction of sp³-hybridized carbons (Fsp3) is 0.579. The van der Waals surface area contributed by atoms with Gasteiger partial charge in [0.15, 0.2) is 0 Å². The number of hydrogen-bond donors (Lipinski definition) is 3. The van der Waals surface area contributed by atoms with Crippen molar-refractivity contribution in [1.29, 1.82) is 0 Å². The molecule has 0 saturated heterocycles. The molecule has 6 heteroatoms. The van der Waals surface area contributed by atoms with Crippen LogP contribution in [0.2, 0.25) is 0 Å². The van der Waals surface area contributed by atoms with E-state index >= 15 is 0 Å². The average molecular weight is 348 g/mol. The Morgan fingerprint density at radius 1 is 1.20 bits per heavy atom. The first-order valence-corrected chi connectivity index (χ1v) is 9.04. The number of hydrogen-bond acceptors (Lipinski definition) is 4. The summed E-state index contributed by atoms with van der Waals surface area (Å²) >= 11 is 0. The van der Waals surface area contributed by atoms with E-state index in [1.807, 2.05) is 13.8 Å². The van der Waals surface area contributed by atoms with Gasteiger partial charge in [-0.1, -0.05) is 33.8 Å². The lowest BCUT2D eigenvalue weighted by atomic mass is 10.0. The van der Waals surface area contributed by atoms with Gasteiger partial charge in [0.1, 0.15) is 0 Å². The molecule has 4 N–H and O–H groups in total. The van der Waals surface area contributed by atoms with Gasteiger partial charge in [-0.2, -0.15) is 0 Å². The summed E-state index contributed by atoms with van der Waals surface area (Å²) in [6.45, 7) is 11.6. The van der Waals surface area contributed by atoms with Crippen LogP contribution in [0.25, 0.3) is 0 Å². The third-order valence-corrected chi connectivity index (χ3v) is 4.06. The highest BCUT2D eigenvalue weighted by Crippen LogP contribution is 2.12. The number of likely N-dealkylation sites (N-methyl/N-ethyl adjacent to an activating group) is 1. The molecule has 0 bridgehead atoms. The maximum absolute atomic E-state index is 12.3. The third-order valence-electron chi connectivity index (χ3n) is 4.06. The largest absolute Gasteiger partial charge is 0.351 e. The predicted molar refractivity (Wildman–Crippen MR) is 103 cm³/mol. The molecular weight excluding hydrogens is 316 g/mol. The second kappa shape index (κ2) is 10.8. The molecule has 0 unspecified atom stereocenters. The number of amides is 2. The van der Waals surface area contributed by atoms with Gasteiger partial charge in [0.2, 0.25) is 5.91 Å². The molecule has 0 aromatic heterocycles. The van der Waals surface area contributed by atoms with Crippen LogP contribution in [0.4, 0.5) is 5.69 Å². The van der Waals surface area contributed by atoms with Crippen molar-refractivity contribution in [3.8, 4) is 0 Å². The standard InChI is InChI=1S/C19H32N4O2/c1-5-23(6-2)11-10-21-18(24)15-8-7-9-16(13-15)22-19(25)17(20)12-14(3)4/h7-9,13-14,17H,5-6,10-12,20H2,1-4H3,(H,21,24)(H,22,25)/t17-/m0/s1. The van der Waals surface area contributed by atoms with E-state index in [0.717, 1.165) is 19.6 Å². The maximum Gasteiger partial charge on any atom is 0.251 e. The third kappa shape index (κ3) is 7.67. The van der Waals surface area contributed by atoms with Crippen LogP contribution in [0.15, 0.2) is 24.3 Å². The molecular formula is C19H32N4O2. The molecule has 6 nitrogen and oxygen atoms in total. The Kier molecular flexibility index (Phi) is 9.16. The zero-order valence-electron chi connectivity index (χ0n) is 15.8. The van der Waals surface area contributed by atoms with Crippen LogP contribution < -0.4 is 16.4 Å². The number of nitrogens with one attached hydrogen (secondary N) is 2. The number of rotatable bonds is 10. The lowest BCUT2D eigenvalue weighted by Gasteiger charge is -2.18. The van der Waals surface area contributed by atoms with Gasteiger partial charge in [-0.3, -0.25) is 9.59 Å². The van der Waals surface area contributed by atoms with E-state index < -0.39 is 6.04 Å². The highest BCUT2D eigenvalue weighted by atomic mass is 16.2. The van der Waals surface area contributed by atoms with Crippen molar-refractivity contribution in [2.24, 2.45) is 11.7 Å². The second-order valence-corrected chi connectivity index (χ2v) is 6.59. The van der Waals surface area contributed by atoms with Gasteiger partial charge in [0, 0.05) is 24.3 Å². The molecule has 1 atom stereocenters. The fourth-order valence-corrected chi connectivity index (χ4v) is 2.56. The van der Waals surface area contributed by atoms with E-state index in [-0.39, 0.29) is 11.8 Å². The molecule has 0 aliphatic heterocycles. The van der Waals surface area contributed by atoms with E-state index in [2.05, 4.69) is 29.4 Å². The summed E-state index contributed by atoms with van der Waals surface area (Å²) in [6.07, 6.45) is 0.622. The monoisotopic (exact) mass is 348 g/mol. The molecule has 0 spiro atoms. The van der Waals surface area contributed by atoms with Crippen LogP contribution in [0.3, 0.4) is 0 Å². The van der Waals surface area contributed by atoms with Crippen LogP contribution in [0.1, 0.15) is 44.5 Å².